The first-order valence-electron chi connectivity index (χ1n) is 9.77. The molecular formula is C19H24N4O3S. The van der Waals surface area contributed by atoms with Crippen LogP contribution in [0.15, 0.2) is 12.2 Å². The summed E-state index contributed by atoms with van der Waals surface area (Å²) in [7, 11) is 0. The zero-order chi connectivity index (χ0) is 18.8. The fourth-order valence-electron chi connectivity index (χ4n) is 4.28. The Kier molecular flexibility index (Phi) is 5.33. The predicted molar refractivity (Wildman–Crippen MR) is 101 cm³/mol. The molecule has 0 unspecified atom stereocenters. The number of hydrogen-bond donors (Lipinski definition) is 1. The number of hydrogen-bond acceptors (Lipinski definition) is 6. The number of carbonyl (C=O) groups excluding carboxylic acids is 3. The maximum Gasteiger partial charge on any atom is 0.233 e. The number of aromatic nitrogens is 2. The number of likely N-dealkylation sites (tertiary alicyclic amines) is 1. The second-order valence-electron chi connectivity index (χ2n) is 7.56. The third-order valence-corrected chi connectivity index (χ3v) is 6.80. The van der Waals surface area contributed by atoms with Gasteiger partial charge in [-0.3, -0.25) is 19.3 Å². The van der Waals surface area contributed by atoms with Gasteiger partial charge in [0.25, 0.3) is 0 Å². The molecule has 3 amide bonds. The molecule has 144 valence electrons. The number of nitrogens with one attached hydrogen (secondary N) is 1. The summed E-state index contributed by atoms with van der Waals surface area (Å²) in [6.45, 7) is 0.130. The molecule has 1 aromatic rings. The maximum atomic E-state index is 12.4. The van der Waals surface area contributed by atoms with E-state index >= 15 is 0 Å². The third kappa shape index (κ3) is 3.81. The number of fused-ring (bicyclic) bond motifs is 1. The lowest BCUT2D eigenvalue weighted by molar-refractivity contribution is -0.140. The van der Waals surface area contributed by atoms with Gasteiger partial charge in [-0.05, 0) is 25.7 Å². The normalized spacial score (nSPS) is 25.7. The van der Waals surface area contributed by atoms with Gasteiger partial charge in [0.15, 0.2) is 0 Å². The molecule has 2 atom stereocenters. The van der Waals surface area contributed by atoms with Crippen molar-refractivity contribution in [3.05, 3.63) is 17.2 Å². The van der Waals surface area contributed by atoms with Crippen LogP contribution in [-0.4, -0.2) is 39.4 Å². The summed E-state index contributed by atoms with van der Waals surface area (Å²) in [4.78, 5) is 38.3. The van der Waals surface area contributed by atoms with Gasteiger partial charge in [0.1, 0.15) is 5.01 Å². The Morgan fingerprint density at radius 3 is 2.41 bits per heavy atom. The monoisotopic (exact) mass is 388 g/mol. The van der Waals surface area contributed by atoms with Crippen LogP contribution in [0, 0.1) is 11.8 Å². The van der Waals surface area contributed by atoms with E-state index in [-0.39, 0.29) is 42.5 Å². The Hall–Kier alpha value is -2.09. The van der Waals surface area contributed by atoms with Crippen LogP contribution in [0.25, 0.3) is 0 Å². The van der Waals surface area contributed by atoms with Gasteiger partial charge in [-0.2, -0.15) is 0 Å². The molecule has 2 fully saturated rings. The maximum absolute atomic E-state index is 12.4. The number of allylic oxidation sites excluding steroid dienone is 2. The molecule has 2 heterocycles. The van der Waals surface area contributed by atoms with E-state index in [1.54, 1.807) is 0 Å². The standard InChI is InChI=1S/C19H24N4O3S/c24-15(20-19-22-21-16(27-19)12-6-2-1-3-7-12)10-11-23-17(25)13-8-4-5-9-14(13)18(23)26/h4-5,12-14H,1-3,6-11H2,(H,20,22,24)/t13-,14-/m0/s1. The summed E-state index contributed by atoms with van der Waals surface area (Å²) in [5.74, 6) is -0.553. The molecule has 1 aromatic heterocycles. The minimum absolute atomic E-state index is 0.0860. The summed E-state index contributed by atoms with van der Waals surface area (Å²) in [5, 5.41) is 12.6. The van der Waals surface area contributed by atoms with Gasteiger partial charge >= 0.3 is 0 Å². The predicted octanol–water partition coefficient (Wildman–Crippen LogP) is 2.87. The molecule has 0 aromatic carbocycles. The molecule has 0 spiro atoms. The van der Waals surface area contributed by atoms with Gasteiger partial charge in [-0.15, -0.1) is 10.2 Å². The van der Waals surface area contributed by atoms with Crippen molar-refractivity contribution < 1.29 is 14.4 Å². The lowest BCUT2D eigenvalue weighted by Crippen LogP contribution is -2.34. The molecule has 27 heavy (non-hydrogen) atoms. The summed E-state index contributed by atoms with van der Waals surface area (Å²) < 4.78 is 0. The van der Waals surface area contributed by atoms with Gasteiger partial charge in [0.05, 0.1) is 11.8 Å². The highest BCUT2D eigenvalue weighted by Gasteiger charge is 2.46. The van der Waals surface area contributed by atoms with Crippen LogP contribution in [0.4, 0.5) is 5.13 Å². The van der Waals surface area contributed by atoms with Crippen molar-refractivity contribution >= 4 is 34.2 Å². The highest BCUT2D eigenvalue weighted by atomic mass is 32.1. The number of amides is 3. The average Bonchev–Trinajstić information content (AvgIpc) is 3.25. The van der Waals surface area contributed by atoms with E-state index in [9.17, 15) is 14.4 Å². The Balaban J connectivity index is 1.29. The van der Waals surface area contributed by atoms with Gasteiger partial charge in [-0.1, -0.05) is 42.8 Å². The third-order valence-electron chi connectivity index (χ3n) is 5.80. The van der Waals surface area contributed by atoms with E-state index in [1.165, 1.54) is 35.5 Å². The molecule has 1 aliphatic heterocycles. The molecule has 1 saturated carbocycles. The van der Waals surface area contributed by atoms with Gasteiger partial charge in [0, 0.05) is 18.9 Å². The van der Waals surface area contributed by atoms with E-state index in [0.29, 0.717) is 23.9 Å². The van der Waals surface area contributed by atoms with Gasteiger partial charge in [0.2, 0.25) is 22.9 Å². The van der Waals surface area contributed by atoms with Gasteiger partial charge in [-0.25, -0.2) is 0 Å². The van der Waals surface area contributed by atoms with Crippen LogP contribution >= 0.6 is 11.3 Å². The Morgan fingerprint density at radius 1 is 1.07 bits per heavy atom. The average molecular weight is 388 g/mol. The minimum atomic E-state index is -0.244. The number of rotatable bonds is 5. The van der Waals surface area contributed by atoms with Crippen molar-refractivity contribution in [1.29, 1.82) is 0 Å². The van der Waals surface area contributed by atoms with Crippen molar-refractivity contribution in [2.45, 2.75) is 57.3 Å². The highest BCUT2D eigenvalue weighted by molar-refractivity contribution is 7.15. The molecule has 2 aliphatic carbocycles. The summed E-state index contributed by atoms with van der Waals surface area (Å²) in [6, 6.07) is 0. The van der Waals surface area contributed by atoms with Crippen molar-refractivity contribution in [3.8, 4) is 0 Å². The first-order valence-corrected chi connectivity index (χ1v) is 10.6. The van der Waals surface area contributed by atoms with E-state index in [0.717, 1.165) is 17.8 Å². The number of carbonyl (C=O) groups is 3. The smallest absolute Gasteiger partial charge is 0.233 e. The molecule has 3 aliphatic rings. The summed E-state index contributed by atoms with van der Waals surface area (Å²) in [6.07, 6.45) is 11.2. The molecule has 0 radical (unpaired) electrons. The lowest BCUT2D eigenvalue weighted by Gasteiger charge is -2.18. The number of imide groups is 1. The lowest BCUT2D eigenvalue weighted by atomic mass is 9.85. The molecule has 0 bridgehead atoms. The van der Waals surface area contributed by atoms with E-state index in [2.05, 4.69) is 15.5 Å². The largest absolute Gasteiger partial charge is 0.300 e. The second-order valence-corrected chi connectivity index (χ2v) is 8.57. The molecule has 4 rings (SSSR count). The molecule has 1 saturated heterocycles. The van der Waals surface area contributed by atoms with Crippen molar-refractivity contribution in [2.24, 2.45) is 11.8 Å². The summed E-state index contributed by atoms with van der Waals surface area (Å²) in [5.41, 5.74) is 0. The van der Waals surface area contributed by atoms with Gasteiger partial charge < -0.3 is 5.32 Å². The van der Waals surface area contributed by atoms with Crippen LogP contribution in [0.2, 0.25) is 0 Å². The van der Waals surface area contributed by atoms with E-state index < -0.39 is 0 Å². The topological polar surface area (TPSA) is 92.3 Å². The number of nitrogens with zero attached hydrogens (tertiary/aromatic N) is 3. The van der Waals surface area contributed by atoms with Crippen LogP contribution < -0.4 is 5.32 Å². The van der Waals surface area contributed by atoms with Crippen LogP contribution in [0.3, 0.4) is 0 Å². The zero-order valence-corrected chi connectivity index (χ0v) is 16.0. The van der Waals surface area contributed by atoms with Crippen molar-refractivity contribution in [1.82, 2.24) is 15.1 Å². The van der Waals surface area contributed by atoms with Crippen LogP contribution in [0.5, 0.6) is 0 Å². The Labute approximate surface area is 162 Å². The van der Waals surface area contributed by atoms with Crippen molar-refractivity contribution in [3.63, 3.8) is 0 Å². The molecule has 7 nitrogen and oxygen atoms in total. The first kappa shape index (κ1) is 18.3. The fraction of sp³-hybridized carbons (Fsp3) is 0.632. The molecule has 1 N–H and O–H groups in total. The van der Waals surface area contributed by atoms with Crippen LogP contribution in [0.1, 0.15) is 62.3 Å². The second kappa shape index (κ2) is 7.88. The van der Waals surface area contributed by atoms with Crippen molar-refractivity contribution in [2.75, 3.05) is 11.9 Å². The quantitative estimate of drug-likeness (QED) is 0.618. The number of anilines is 1. The zero-order valence-electron chi connectivity index (χ0n) is 15.2. The Bertz CT molecular complexity index is 743. The molecular weight excluding hydrogens is 364 g/mol. The van der Waals surface area contributed by atoms with E-state index in [1.807, 2.05) is 12.2 Å². The SMILES string of the molecule is O=C(CCN1C(=O)[C@H]2CC=CC[C@@H]2C1=O)Nc1nnc(C2CCCCC2)s1. The summed E-state index contributed by atoms with van der Waals surface area (Å²) >= 11 is 1.43. The minimum Gasteiger partial charge on any atom is -0.300 e. The highest BCUT2D eigenvalue weighted by Crippen LogP contribution is 2.36. The fourth-order valence-corrected chi connectivity index (χ4v) is 5.21. The van der Waals surface area contributed by atoms with Crippen LogP contribution in [-0.2, 0) is 14.4 Å². The molecule has 8 heteroatoms. The first-order chi connectivity index (χ1) is 13.1. The van der Waals surface area contributed by atoms with E-state index in [4.69, 9.17) is 0 Å². The Morgan fingerprint density at radius 2 is 1.74 bits per heavy atom.